The molecule has 19 heavy (non-hydrogen) atoms. The van der Waals surface area contributed by atoms with Gasteiger partial charge in [-0.05, 0) is 25.1 Å². The van der Waals surface area contributed by atoms with Crippen molar-refractivity contribution in [2.45, 2.75) is 13.5 Å². The number of carboxylic acid groups (broad SMARTS) is 1. The van der Waals surface area contributed by atoms with Crippen molar-refractivity contribution in [3.63, 3.8) is 0 Å². The highest BCUT2D eigenvalue weighted by molar-refractivity contribution is 5.92. The van der Waals surface area contributed by atoms with Crippen molar-refractivity contribution in [3.05, 3.63) is 41.8 Å². The maximum Gasteiger partial charge on any atom is 0.335 e. The molecule has 1 aromatic carbocycles. The standard InChI is InChI=1S/C12H10N4O3/c1-7-14-9-4-8(12(17)18)2-3-10(9)16(7)5-11-13-6-19-15-11/h2-4,6H,5H2,1H3,(H,17,18). The molecule has 7 nitrogen and oxygen atoms in total. The highest BCUT2D eigenvalue weighted by Gasteiger charge is 2.12. The molecule has 96 valence electrons. The predicted molar refractivity (Wildman–Crippen MR) is 64.8 cm³/mol. The number of carbonyl (C=O) groups is 1. The van der Waals surface area contributed by atoms with Crippen LogP contribution in [0.3, 0.4) is 0 Å². The lowest BCUT2D eigenvalue weighted by atomic mass is 10.2. The van der Waals surface area contributed by atoms with E-state index >= 15 is 0 Å². The first-order chi connectivity index (χ1) is 9.15. The van der Waals surface area contributed by atoms with Gasteiger partial charge in [0.1, 0.15) is 5.82 Å². The Hall–Kier alpha value is -2.70. The van der Waals surface area contributed by atoms with Crippen LogP contribution in [0.15, 0.2) is 29.1 Å². The molecule has 2 heterocycles. The first-order valence-corrected chi connectivity index (χ1v) is 5.60. The molecule has 0 aliphatic heterocycles. The summed E-state index contributed by atoms with van der Waals surface area (Å²) in [5.74, 6) is 0.347. The molecular weight excluding hydrogens is 248 g/mol. The molecule has 0 saturated carbocycles. The molecule has 0 spiro atoms. The number of aromatic carboxylic acids is 1. The smallest absolute Gasteiger partial charge is 0.335 e. The number of aromatic nitrogens is 4. The van der Waals surface area contributed by atoms with Gasteiger partial charge in [0.05, 0.1) is 23.1 Å². The minimum Gasteiger partial charge on any atom is -0.478 e. The highest BCUT2D eigenvalue weighted by Crippen LogP contribution is 2.18. The molecule has 0 atom stereocenters. The van der Waals surface area contributed by atoms with E-state index in [1.165, 1.54) is 6.39 Å². The van der Waals surface area contributed by atoms with E-state index in [9.17, 15) is 4.79 Å². The second-order valence-electron chi connectivity index (χ2n) is 4.10. The normalized spacial score (nSPS) is 11.0. The van der Waals surface area contributed by atoms with Gasteiger partial charge in [-0.25, -0.2) is 9.78 Å². The fourth-order valence-corrected chi connectivity index (χ4v) is 1.99. The van der Waals surface area contributed by atoms with E-state index in [1.54, 1.807) is 18.2 Å². The van der Waals surface area contributed by atoms with Gasteiger partial charge in [0.15, 0.2) is 5.82 Å². The van der Waals surface area contributed by atoms with Crippen LogP contribution in [-0.2, 0) is 6.54 Å². The Bertz CT molecular complexity index is 746. The van der Waals surface area contributed by atoms with Crippen LogP contribution in [0.1, 0.15) is 22.0 Å². The fourth-order valence-electron chi connectivity index (χ4n) is 1.99. The lowest BCUT2D eigenvalue weighted by molar-refractivity contribution is 0.0697. The number of imidazole rings is 1. The third-order valence-electron chi connectivity index (χ3n) is 2.89. The average molecular weight is 258 g/mol. The maximum absolute atomic E-state index is 10.9. The van der Waals surface area contributed by atoms with E-state index in [0.29, 0.717) is 17.9 Å². The summed E-state index contributed by atoms with van der Waals surface area (Å²) in [4.78, 5) is 19.2. The van der Waals surface area contributed by atoms with Crippen LogP contribution in [0.4, 0.5) is 0 Å². The van der Waals surface area contributed by atoms with Crippen LogP contribution in [0.5, 0.6) is 0 Å². The van der Waals surface area contributed by atoms with E-state index in [1.807, 2.05) is 11.5 Å². The third-order valence-corrected chi connectivity index (χ3v) is 2.89. The predicted octanol–water partition coefficient (Wildman–Crippen LogP) is 1.47. The summed E-state index contributed by atoms with van der Waals surface area (Å²) in [6.45, 7) is 2.28. The quantitative estimate of drug-likeness (QED) is 0.764. The minimum absolute atomic E-state index is 0.219. The largest absolute Gasteiger partial charge is 0.478 e. The van der Waals surface area contributed by atoms with Crippen LogP contribution in [0.25, 0.3) is 11.0 Å². The fraction of sp³-hybridized carbons (Fsp3) is 0.167. The van der Waals surface area contributed by atoms with Gasteiger partial charge in [0.2, 0.25) is 6.39 Å². The molecular formula is C12H10N4O3. The summed E-state index contributed by atoms with van der Waals surface area (Å²) in [6, 6.07) is 4.84. The molecule has 0 unspecified atom stereocenters. The molecule has 3 rings (SSSR count). The molecule has 1 N–H and O–H groups in total. The van der Waals surface area contributed by atoms with Crippen molar-refractivity contribution in [3.8, 4) is 0 Å². The number of carboxylic acids is 1. The van der Waals surface area contributed by atoms with Gasteiger partial charge in [0, 0.05) is 0 Å². The molecule has 0 aliphatic carbocycles. The molecule has 3 aromatic rings. The van der Waals surface area contributed by atoms with Crippen molar-refractivity contribution >= 4 is 17.0 Å². The minimum atomic E-state index is -0.965. The molecule has 7 heteroatoms. The number of aryl methyl sites for hydroxylation is 1. The number of benzene rings is 1. The molecule has 0 saturated heterocycles. The van der Waals surface area contributed by atoms with E-state index in [0.717, 1.165) is 11.3 Å². The lowest BCUT2D eigenvalue weighted by Gasteiger charge is -2.03. The second kappa shape index (κ2) is 4.20. The van der Waals surface area contributed by atoms with Crippen LogP contribution in [0.2, 0.25) is 0 Å². The summed E-state index contributed by atoms with van der Waals surface area (Å²) in [7, 11) is 0. The summed E-state index contributed by atoms with van der Waals surface area (Å²) < 4.78 is 6.60. The SMILES string of the molecule is Cc1nc2cc(C(=O)O)ccc2n1Cc1ncon1. The molecule has 0 fully saturated rings. The molecule has 0 aliphatic rings. The number of hydrogen-bond donors (Lipinski definition) is 1. The van der Waals surface area contributed by atoms with Crippen LogP contribution in [-0.4, -0.2) is 30.8 Å². The highest BCUT2D eigenvalue weighted by atomic mass is 16.5. The monoisotopic (exact) mass is 258 g/mol. The van der Waals surface area contributed by atoms with Crippen LogP contribution >= 0.6 is 0 Å². The molecule has 2 aromatic heterocycles. The second-order valence-corrected chi connectivity index (χ2v) is 4.10. The Morgan fingerprint density at radius 1 is 1.47 bits per heavy atom. The average Bonchev–Trinajstić information content (AvgIpc) is 2.98. The number of hydrogen-bond acceptors (Lipinski definition) is 5. The molecule has 0 bridgehead atoms. The van der Waals surface area contributed by atoms with Gasteiger partial charge in [-0.1, -0.05) is 5.16 Å². The summed E-state index contributed by atoms with van der Waals surface area (Å²) >= 11 is 0. The van der Waals surface area contributed by atoms with Crippen molar-refractivity contribution in [2.24, 2.45) is 0 Å². The molecule has 0 amide bonds. The van der Waals surface area contributed by atoms with Gasteiger partial charge in [-0.3, -0.25) is 0 Å². The van der Waals surface area contributed by atoms with E-state index in [-0.39, 0.29) is 5.56 Å². The van der Waals surface area contributed by atoms with Crippen LogP contribution in [0, 0.1) is 6.92 Å². The van der Waals surface area contributed by atoms with Crippen molar-refractivity contribution in [1.82, 2.24) is 19.7 Å². The third kappa shape index (κ3) is 1.95. The first kappa shape index (κ1) is 11.4. The van der Waals surface area contributed by atoms with Gasteiger partial charge in [-0.2, -0.15) is 4.98 Å². The Balaban J connectivity index is 2.09. The number of rotatable bonds is 3. The Kier molecular flexibility index (Phi) is 2.52. The van der Waals surface area contributed by atoms with Gasteiger partial charge < -0.3 is 14.2 Å². The van der Waals surface area contributed by atoms with E-state index < -0.39 is 5.97 Å². The van der Waals surface area contributed by atoms with Crippen molar-refractivity contribution in [1.29, 1.82) is 0 Å². The summed E-state index contributed by atoms with van der Waals surface area (Å²) in [5, 5.41) is 12.7. The Morgan fingerprint density at radius 3 is 3.00 bits per heavy atom. The Morgan fingerprint density at radius 2 is 2.32 bits per heavy atom. The van der Waals surface area contributed by atoms with E-state index in [4.69, 9.17) is 9.63 Å². The maximum atomic E-state index is 10.9. The molecule has 0 radical (unpaired) electrons. The van der Waals surface area contributed by atoms with E-state index in [2.05, 4.69) is 15.1 Å². The van der Waals surface area contributed by atoms with Gasteiger partial charge in [0.25, 0.3) is 0 Å². The van der Waals surface area contributed by atoms with Crippen molar-refractivity contribution < 1.29 is 14.4 Å². The zero-order valence-corrected chi connectivity index (χ0v) is 10.1. The number of fused-ring (bicyclic) bond motifs is 1. The Labute approximate surface area is 107 Å². The van der Waals surface area contributed by atoms with Crippen LogP contribution < -0.4 is 0 Å². The number of nitrogens with zero attached hydrogens (tertiary/aromatic N) is 4. The summed E-state index contributed by atoms with van der Waals surface area (Å²) in [6.07, 6.45) is 1.27. The topological polar surface area (TPSA) is 94.0 Å². The zero-order valence-electron chi connectivity index (χ0n) is 10.1. The van der Waals surface area contributed by atoms with Gasteiger partial charge in [-0.15, -0.1) is 0 Å². The van der Waals surface area contributed by atoms with Gasteiger partial charge >= 0.3 is 5.97 Å². The zero-order chi connectivity index (χ0) is 13.4. The van der Waals surface area contributed by atoms with Crippen molar-refractivity contribution in [2.75, 3.05) is 0 Å². The summed E-state index contributed by atoms with van der Waals surface area (Å²) in [5.41, 5.74) is 1.70. The first-order valence-electron chi connectivity index (χ1n) is 5.60. The lowest BCUT2D eigenvalue weighted by Crippen LogP contribution is -2.03.